The van der Waals surface area contributed by atoms with Gasteiger partial charge in [0.05, 0.1) is 12.2 Å². The molecule has 0 heterocycles. The van der Waals surface area contributed by atoms with E-state index < -0.39 is 0 Å². The van der Waals surface area contributed by atoms with Crippen LogP contribution in [0.25, 0.3) is 10.4 Å². The summed E-state index contributed by atoms with van der Waals surface area (Å²) >= 11 is 0. The third-order valence-electron chi connectivity index (χ3n) is 4.40. The minimum atomic E-state index is -0.116. The lowest BCUT2D eigenvalue weighted by Crippen LogP contribution is -2.19. The van der Waals surface area contributed by atoms with Gasteiger partial charge in [0.25, 0.3) is 0 Å². The molecule has 0 saturated heterocycles. The van der Waals surface area contributed by atoms with E-state index >= 15 is 0 Å². The van der Waals surface area contributed by atoms with Crippen molar-refractivity contribution >= 4 is 0 Å². The molecule has 0 aromatic carbocycles. The van der Waals surface area contributed by atoms with E-state index in [1.807, 2.05) is 0 Å². The van der Waals surface area contributed by atoms with Crippen LogP contribution < -0.4 is 0 Å². The van der Waals surface area contributed by atoms with Gasteiger partial charge in [-0.25, -0.2) is 0 Å². The molecule has 4 nitrogen and oxygen atoms in total. The standard InChI is InChI=1S/C12H19N3O/c1-12(14-15-13)6-8-4-11(5-9(8)7-12)16-10-2-3-10/h8-11H,2-7H2,1H3/t8-,9+,11?,12?. The molecule has 0 N–H and O–H groups in total. The molecule has 16 heavy (non-hydrogen) atoms. The Bertz CT molecular complexity index is 319. The lowest BCUT2D eigenvalue weighted by molar-refractivity contribution is 0.0381. The average molecular weight is 221 g/mol. The molecule has 3 fully saturated rings. The van der Waals surface area contributed by atoms with E-state index in [9.17, 15) is 0 Å². The molecule has 0 aromatic rings. The highest BCUT2D eigenvalue weighted by molar-refractivity contribution is 5.02. The SMILES string of the molecule is CC1(N=[N+]=[N-])C[C@H]2CC(OC3CC3)C[C@H]2C1. The van der Waals surface area contributed by atoms with E-state index in [1.165, 1.54) is 25.7 Å². The zero-order valence-corrected chi connectivity index (χ0v) is 9.80. The summed E-state index contributed by atoms with van der Waals surface area (Å²) in [5, 5.41) is 3.98. The summed E-state index contributed by atoms with van der Waals surface area (Å²) < 4.78 is 5.98. The second-order valence-electron chi connectivity index (χ2n) is 6.04. The van der Waals surface area contributed by atoms with E-state index in [2.05, 4.69) is 16.9 Å². The maximum absolute atomic E-state index is 8.57. The van der Waals surface area contributed by atoms with Crippen LogP contribution in [0.2, 0.25) is 0 Å². The second kappa shape index (κ2) is 3.64. The molecule has 0 bridgehead atoms. The molecule has 0 spiro atoms. The molecule has 3 aliphatic rings. The van der Waals surface area contributed by atoms with Crippen LogP contribution in [0.15, 0.2) is 5.11 Å². The number of azide groups is 1. The highest BCUT2D eigenvalue weighted by Crippen LogP contribution is 2.51. The van der Waals surface area contributed by atoms with Crippen molar-refractivity contribution in [2.45, 2.75) is 63.2 Å². The van der Waals surface area contributed by atoms with Gasteiger partial charge in [-0.3, -0.25) is 0 Å². The monoisotopic (exact) mass is 221 g/mol. The van der Waals surface area contributed by atoms with Crippen molar-refractivity contribution in [1.29, 1.82) is 0 Å². The Morgan fingerprint density at radius 2 is 1.81 bits per heavy atom. The van der Waals surface area contributed by atoms with Crippen molar-refractivity contribution in [3.63, 3.8) is 0 Å². The fourth-order valence-electron chi connectivity index (χ4n) is 3.65. The van der Waals surface area contributed by atoms with Crippen molar-refractivity contribution in [3.05, 3.63) is 10.4 Å². The zero-order valence-electron chi connectivity index (χ0n) is 9.80. The highest BCUT2D eigenvalue weighted by Gasteiger charge is 2.47. The summed E-state index contributed by atoms with van der Waals surface area (Å²) in [6.07, 6.45) is 8.11. The van der Waals surface area contributed by atoms with Crippen LogP contribution in [0.3, 0.4) is 0 Å². The number of ether oxygens (including phenoxy) is 1. The summed E-state index contributed by atoms with van der Waals surface area (Å²) in [5.74, 6) is 1.47. The lowest BCUT2D eigenvalue weighted by atomic mass is 9.97. The predicted octanol–water partition coefficient (Wildman–Crippen LogP) is 3.42. The molecule has 4 heteroatoms. The molecule has 0 amide bonds. The molecule has 2 unspecified atom stereocenters. The minimum absolute atomic E-state index is 0.116. The summed E-state index contributed by atoms with van der Waals surface area (Å²) in [7, 11) is 0. The van der Waals surface area contributed by atoms with Gasteiger partial charge in [-0.1, -0.05) is 12.0 Å². The van der Waals surface area contributed by atoms with Gasteiger partial charge in [0, 0.05) is 10.5 Å². The zero-order chi connectivity index (χ0) is 11.2. The van der Waals surface area contributed by atoms with Gasteiger partial charge in [0.15, 0.2) is 0 Å². The van der Waals surface area contributed by atoms with Crippen LogP contribution in [0.4, 0.5) is 0 Å². The molecule has 3 aliphatic carbocycles. The topological polar surface area (TPSA) is 58.0 Å². The Kier molecular flexibility index (Phi) is 2.37. The van der Waals surface area contributed by atoms with Crippen molar-refractivity contribution in [2.24, 2.45) is 17.0 Å². The third kappa shape index (κ3) is 1.92. The summed E-state index contributed by atoms with van der Waals surface area (Å²) in [5.41, 5.74) is 8.45. The predicted molar refractivity (Wildman–Crippen MR) is 60.9 cm³/mol. The molecule has 0 aliphatic heterocycles. The van der Waals surface area contributed by atoms with Crippen LogP contribution in [0.1, 0.15) is 45.4 Å². The first-order chi connectivity index (χ1) is 7.68. The summed E-state index contributed by atoms with van der Waals surface area (Å²) in [4.78, 5) is 2.99. The van der Waals surface area contributed by atoms with Gasteiger partial charge in [0.2, 0.25) is 0 Å². The van der Waals surface area contributed by atoms with Crippen LogP contribution in [-0.4, -0.2) is 17.7 Å². The number of fused-ring (bicyclic) bond motifs is 1. The van der Waals surface area contributed by atoms with Gasteiger partial charge in [-0.2, -0.15) is 0 Å². The van der Waals surface area contributed by atoms with E-state index in [0.29, 0.717) is 12.2 Å². The molecule has 3 rings (SSSR count). The van der Waals surface area contributed by atoms with Crippen molar-refractivity contribution in [2.75, 3.05) is 0 Å². The number of nitrogens with zero attached hydrogens (tertiary/aromatic N) is 3. The van der Waals surface area contributed by atoms with Gasteiger partial charge < -0.3 is 4.74 Å². The molecular weight excluding hydrogens is 202 g/mol. The highest BCUT2D eigenvalue weighted by atomic mass is 16.5. The first-order valence-electron chi connectivity index (χ1n) is 6.40. The number of hydrogen-bond donors (Lipinski definition) is 0. The summed E-state index contributed by atoms with van der Waals surface area (Å²) in [6.45, 7) is 2.10. The fourth-order valence-corrected chi connectivity index (χ4v) is 3.65. The molecule has 88 valence electrons. The fraction of sp³-hybridized carbons (Fsp3) is 1.00. The Morgan fingerprint density at radius 3 is 2.31 bits per heavy atom. The maximum Gasteiger partial charge on any atom is 0.0584 e. The normalized spacial score (nSPS) is 46.4. The summed E-state index contributed by atoms with van der Waals surface area (Å²) in [6, 6.07) is 0. The molecular formula is C12H19N3O. The van der Waals surface area contributed by atoms with E-state index in [-0.39, 0.29) is 5.54 Å². The molecule has 0 aromatic heterocycles. The quantitative estimate of drug-likeness (QED) is 0.409. The molecule has 4 atom stereocenters. The van der Waals surface area contributed by atoms with Crippen LogP contribution >= 0.6 is 0 Å². The van der Waals surface area contributed by atoms with Crippen molar-refractivity contribution < 1.29 is 4.74 Å². The van der Waals surface area contributed by atoms with Gasteiger partial charge in [0.1, 0.15) is 0 Å². The Balaban J connectivity index is 1.59. The van der Waals surface area contributed by atoms with Crippen molar-refractivity contribution in [3.8, 4) is 0 Å². The minimum Gasteiger partial charge on any atom is -0.375 e. The van der Waals surface area contributed by atoms with E-state index in [0.717, 1.165) is 24.7 Å². The van der Waals surface area contributed by atoms with Crippen LogP contribution in [0, 0.1) is 11.8 Å². The van der Waals surface area contributed by atoms with Crippen LogP contribution in [0.5, 0.6) is 0 Å². The molecule has 3 saturated carbocycles. The third-order valence-corrected chi connectivity index (χ3v) is 4.40. The smallest absolute Gasteiger partial charge is 0.0584 e. The van der Waals surface area contributed by atoms with E-state index in [4.69, 9.17) is 10.3 Å². The lowest BCUT2D eigenvalue weighted by Gasteiger charge is -2.19. The van der Waals surface area contributed by atoms with E-state index in [1.54, 1.807) is 0 Å². The first kappa shape index (κ1) is 10.4. The first-order valence-corrected chi connectivity index (χ1v) is 6.40. The van der Waals surface area contributed by atoms with Gasteiger partial charge in [-0.05, 0) is 55.9 Å². The average Bonchev–Trinajstić information content (AvgIpc) is 2.84. The Labute approximate surface area is 96.0 Å². The maximum atomic E-state index is 8.57. The molecule has 0 radical (unpaired) electrons. The Hall–Kier alpha value is -0.730. The van der Waals surface area contributed by atoms with Gasteiger partial charge in [-0.15, -0.1) is 0 Å². The largest absolute Gasteiger partial charge is 0.375 e. The number of rotatable bonds is 3. The Morgan fingerprint density at radius 1 is 1.19 bits per heavy atom. The van der Waals surface area contributed by atoms with Crippen molar-refractivity contribution in [1.82, 2.24) is 0 Å². The number of hydrogen-bond acceptors (Lipinski definition) is 2. The van der Waals surface area contributed by atoms with Crippen LogP contribution in [-0.2, 0) is 4.74 Å². The second-order valence-corrected chi connectivity index (χ2v) is 6.04. The van der Waals surface area contributed by atoms with Gasteiger partial charge >= 0.3 is 0 Å².